The van der Waals surface area contributed by atoms with Gasteiger partial charge in [-0.3, -0.25) is 9.59 Å². The molecule has 0 aromatic rings. The van der Waals surface area contributed by atoms with Gasteiger partial charge in [0.05, 0.1) is 13.0 Å². The Hall–Kier alpha value is -2.38. The van der Waals surface area contributed by atoms with Crippen molar-refractivity contribution in [2.24, 2.45) is 0 Å². The van der Waals surface area contributed by atoms with E-state index in [0.29, 0.717) is 0 Å². The predicted octanol–water partition coefficient (Wildman–Crippen LogP) is -0.0279. The highest BCUT2D eigenvalue weighted by Crippen LogP contribution is 1.99. The van der Waals surface area contributed by atoms with Crippen LogP contribution in [0.25, 0.3) is 0 Å². The minimum atomic E-state index is -1.25. The van der Waals surface area contributed by atoms with Crippen molar-refractivity contribution < 1.29 is 33.8 Å². The molecule has 0 heterocycles. The van der Waals surface area contributed by atoms with Gasteiger partial charge in [0.2, 0.25) is 5.91 Å². The summed E-state index contributed by atoms with van der Waals surface area (Å²) in [6.45, 7) is 2.80. The van der Waals surface area contributed by atoms with E-state index in [4.69, 9.17) is 14.6 Å². The number of hydrogen-bond donors (Lipinski definition) is 1. The molecule has 1 amide bonds. The quantitative estimate of drug-likeness (QED) is 0.495. The third-order valence-electron chi connectivity index (χ3n) is 2.31. The van der Waals surface area contributed by atoms with Crippen LogP contribution in [0, 0.1) is 0 Å². The van der Waals surface area contributed by atoms with Crippen LogP contribution in [-0.2, 0) is 28.7 Å². The SMILES string of the molecule is CCOC(=O)CN(C)C(=O)CCOC(=O)/C(C)=C/C(=O)O. The van der Waals surface area contributed by atoms with Gasteiger partial charge < -0.3 is 19.5 Å². The highest BCUT2D eigenvalue weighted by atomic mass is 16.5. The van der Waals surface area contributed by atoms with Crippen LogP contribution in [0.2, 0.25) is 0 Å². The van der Waals surface area contributed by atoms with Gasteiger partial charge in [-0.25, -0.2) is 9.59 Å². The molecule has 0 aliphatic rings. The van der Waals surface area contributed by atoms with Gasteiger partial charge in [0.15, 0.2) is 0 Å². The fraction of sp³-hybridized carbons (Fsp3) is 0.538. The molecule has 0 saturated carbocycles. The third kappa shape index (κ3) is 8.40. The van der Waals surface area contributed by atoms with Gasteiger partial charge in [-0.1, -0.05) is 0 Å². The van der Waals surface area contributed by atoms with E-state index in [2.05, 4.69) is 0 Å². The number of carboxylic acid groups (broad SMARTS) is 1. The lowest BCUT2D eigenvalue weighted by Crippen LogP contribution is -2.33. The Labute approximate surface area is 122 Å². The Morgan fingerprint density at radius 2 is 1.81 bits per heavy atom. The largest absolute Gasteiger partial charge is 0.478 e. The molecule has 8 nitrogen and oxygen atoms in total. The van der Waals surface area contributed by atoms with E-state index in [1.165, 1.54) is 14.0 Å². The topological polar surface area (TPSA) is 110 Å². The number of likely N-dealkylation sites (N-methyl/N-ethyl adjacent to an activating group) is 1. The lowest BCUT2D eigenvalue weighted by Gasteiger charge is -2.15. The molecule has 1 N–H and O–H groups in total. The number of carbonyl (C=O) groups excluding carboxylic acids is 3. The first-order chi connectivity index (χ1) is 9.77. The highest BCUT2D eigenvalue weighted by Gasteiger charge is 2.14. The molecule has 0 atom stereocenters. The third-order valence-corrected chi connectivity index (χ3v) is 2.31. The van der Waals surface area contributed by atoms with Crippen molar-refractivity contribution in [2.75, 3.05) is 26.8 Å². The van der Waals surface area contributed by atoms with Crippen molar-refractivity contribution in [2.45, 2.75) is 20.3 Å². The van der Waals surface area contributed by atoms with Crippen LogP contribution in [0.15, 0.2) is 11.6 Å². The second kappa shape index (κ2) is 9.51. The second-order valence-corrected chi connectivity index (χ2v) is 4.11. The van der Waals surface area contributed by atoms with Crippen LogP contribution < -0.4 is 0 Å². The fourth-order valence-electron chi connectivity index (χ4n) is 1.27. The zero-order valence-electron chi connectivity index (χ0n) is 12.2. The van der Waals surface area contributed by atoms with Gasteiger partial charge >= 0.3 is 17.9 Å². The first-order valence-corrected chi connectivity index (χ1v) is 6.25. The van der Waals surface area contributed by atoms with Crippen LogP contribution in [0.5, 0.6) is 0 Å². The van der Waals surface area contributed by atoms with Gasteiger partial charge in [0, 0.05) is 18.7 Å². The van der Waals surface area contributed by atoms with E-state index in [9.17, 15) is 19.2 Å². The van der Waals surface area contributed by atoms with Crippen molar-refractivity contribution in [3.8, 4) is 0 Å². The summed E-state index contributed by atoms with van der Waals surface area (Å²) in [4.78, 5) is 45.6. The number of ether oxygens (including phenoxy) is 2. The van der Waals surface area contributed by atoms with Gasteiger partial charge in [0.25, 0.3) is 0 Å². The summed E-state index contributed by atoms with van der Waals surface area (Å²) in [6, 6.07) is 0. The standard InChI is InChI=1S/C13H19NO7/c1-4-20-12(18)8-14(3)10(15)5-6-21-13(19)9(2)7-11(16)17/h7H,4-6,8H2,1-3H3,(H,16,17)/b9-7+. The van der Waals surface area contributed by atoms with Crippen LogP contribution in [-0.4, -0.2) is 60.6 Å². The second-order valence-electron chi connectivity index (χ2n) is 4.11. The molecule has 0 rings (SSSR count). The molecule has 0 aliphatic heterocycles. The van der Waals surface area contributed by atoms with E-state index in [1.807, 2.05) is 0 Å². The molecule has 21 heavy (non-hydrogen) atoms. The molecular formula is C13H19NO7. The fourth-order valence-corrected chi connectivity index (χ4v) is 1.27. The molecule has 0 spiro atoms. The molecular weight excluding hydrogens is 282 g/mol. The predicted molar refractivity (Wildman–Crippen MR) is 71.2 cm³/mol. The summed E-state index contributed by atoms with van der Waals surface area (Å²) in [6.07, 6.45) is 0.610. The molecule has 118 valence electrons. The van der Waals surface area contributed by atoms with Gasteiger partial charge in [-0.05, 0) is 13.8 Å². The lowest BCUT2D eigenvalue weighted by atomic mass is 10.3. The molecule has 0 aromatic carbocycles. The van der Waals surface area contributed by atoms with Crippen molar-refractivity contribution in [1.82, 2.24) is 4.90 Å². The van der Waals surface area contributed by atoms with Crippen LogP contribution in [0.4, 0.5) is 0 Å². The maximum atomic E-state index is 11.6. The molecule has 0 aliphatic carbocycles. The number of hydrogen-bond acceptors (Lipinski definition) is 6. The first-order valence-electron chi connectivity index (χ1n) is 6.25. The normalized spacial score (nSPS) is 10.7. The van der Waals surface area contributed by atoms with E-state index < -0.39 is 23.8 Å². The smallest absolute Gasteiger partial charge is 0.333 e. The van der Waals surface area contributed by atoms with E-state index in [-0.39, 0.29) is 31.8 Å². The van der Waals surface area contributed by atoms with Crippen molar-refractivity contribution >= 4 is 23.8 Å². The zero-order valence-corrected chi connectivity index (χ0v) is 12.2. The van der Waals surface area contributed by atoms with Crippen LogP contribution in [0.3, 0.4) is 0 Å². The molecule has 8 heteroatoms. The number of carbonyl (C=O) groups is 4. The van der Waals surface area contributed by atoms with E-state index >= 15 is 0 Å². The van der Waals surface area contributed by atoms with Crippen molar-refractivity contribution in [3.05, 3.63) is 11.6 Å². The van der Waals surface area contributed by atoms with Crippen molar-refractivity contribution in [3.63, 3.8) is 0 Å². The summed E-state index contributed by atoms with van der Waals surface area (Å²) in [7, 11) is 1.43. The molecule has 0 bridgehead atoms. The average molecular weight is 301 g/mol. The zero-order chi connectivity index (χ0) is 16.4. The number of esters is 2. The summed E-state index contributed by atoms with van der Waals surface area (Å²) >= 11 is 0. The van der Waals surface area contributed by atoms with E-state index in [1.54, 1.807) is 6.92 Å². The van der Waals surface area contributed by atoms with Gasteiger partial charge in [-0.15, -0.1) is 0 Å². The summed E-state index contributed by atoms with van der Waals surface area (Å²) in [5.41, 5.74) is -0.0742. The van der Waals surface area contributed by atoms with Gasteiger partial charge in [-0.2, -0.15) is 0 Å². The minimum Gasteiger partial charge on any atom is -0.478 e. The van der Waals surface area contributed by atoms with Crippen LogP contribution >= 0.6 is 0 Å². The Morgan fingerprint density at radius 3 is 2.33 bits per heavy atom. The maximum Gasteiger partial charge on any atom is 0.333 e. The number of rotatable bonds is 8. The summed E-state index contributed by atoms with van der Waals surface area (Å²) < 4.78 is 9.44. The molecule has 0 radical (unpaired) electrons. The maximum absolute atomic E-state index is 11.6. The summed E-state index contributed by atoms with van der Waals surface area (Å²) in [5.74, 6) is -2.98. The monoisotopic (exact) mass is 301 g/mol. The Bertz CT molecular complexity index is 442. The van der Waals surface area contributed by atoms with E-state index in [0.717, 1.165) is 11.0 Å². The molecule has 0 saturated heterocycles. The minimum absolute atomic E-state index is 0.0742. The van der Waals surface area contributed by atoms with Crippen molar-refractivity contribution in [1.29, 1.82) is 0 Å². The molecule has 0 fully saturated rings. The highest BCUT2D eigenvalue weighted by molar-refractivity contribution is 5.95. The van der Waals surface area contributed by atoms with Gasteiger partial charge in [0.1, 0.15) is 13.2 Å². The molecule has 0 unspecified atom stereocenters. The summed E-state index contributed by atoms with van der Waals surface area (Å²) in [5, 5.41) is 8.46. The number of carboxylic acids is 1. The Balaban J connectivity index is 4.12. The number of aliphatic carboxylic acids is 1. The number of nitrogens with zero attached hydrogens (tertiary/aromatic N) is 1. The number of amides is 1. The Kier molecular flexibility index (Phi) is 8.43. The first kappa shape index (κ1) is 18.6. The molecule has 0 aromatic heterocycles. The average Bonchev–Trinajstić information content (AvgIpc) is 2.37. The lowest BCUT2D eigenvalue weighted by molar-refractivity contribution is -0.149. The Morgan fingerprint density at radius 1 is 1.19 bits per heavy atom. The van der Waals surface area contributed by atoms with Crippen LogP contribution in [0.1, 0.15) is 20.3 Å².